The zero-order chi connectivity index (χ0) is 24.6. The van der Waals surface area contributed by atoms with Crippen molar-refractivity contribution in [1.29, 1.82) is 0 Å². The Morgan fingerprint density at radius 2 is 1.74 bits per heavy atom. The summed E-state index contributed by atoms with van der Waals surface area (Å²) in [6.45, 7) is 9.57. The molecule has 0 radical (unpaired) electrons. The fourth-order valence-corrected chi connectivity index (χ4v) is 4.35. The molecule has 0 saturated carbocycles. The average molecular weight is 475 g/mol. The van der Waals surface area contributed by atoms with Crippen molar-refractivity contribution >= 4 is 0 Å². The van der Waals surface area contributed by atoms with Gasteiger partial charge in [-0.3, -0.25) is 0 Å². The first kappa shape index (κ1) is 24.8. The summed E-state index contributed by atoms with van der Waals surface area (Å²) in [6, 6.07) is 10.9. The highest BCUT2D eigenvalue weighted by Crippen LogP contribution is 2.27. The van der Waals surface area contributed by atoms with Crippen LogP contribution in [0.3, 0.4) is 0 Å². The predicted octanol–water partition coefficient (Wildman–Crippen LogP) is 5.89. The average Bonchev–Trinajstić information content (AvgIpc) is 3.63. The highest BCUT2D eigenvalue weighted by Gasteiger charge is 2.17. The second-order valence-electron chi connectivity index (χ2n) is 9.39. The summed E-state index contributed by atoms with van der Waals surface area (Å²) in [5.74, 6) is 3.13. The van der Waals surface area contributed by atoms with Gasteiger partial charge in [0.15, 0.2) is 11.6 Å². The number of aromatic amines is 1. The monoisotopic (exact) mass is 474 g/mol. The van der Waals surface area contributed by atoms with Gasteiger partial charge in [0.2, 0.25) is 0 Å². The lowest BCUT2D eigenvalue weighted by Crippen LogP contribution is -2.08. The number of benzene rings is 1. The van der Waals surface area contributed by atoms with Crippen molar-refractivity contribution in [2.24, 2.45) is 0 Å². The third-order valence-corrected chi connectivity index (χ3v) is 6.71. The number of aromatic nitrogens is 8. The maximum absolute atomic E-state index is 4.88. The van der Waals surface area contributed by atoms with Crippen molar-refractivity contribution in [3.8, 4) is 17.2 Å². The maximum atomic E-state index is 4.88. The Morgan fingerprint density at radius 1 is 0.943 bits per heavy atom. The molecule has 1 atom stereocenters. The van der Waals surface area contributed by atoms with Crippen LogP contribution in [0.1, 0.15) is 94.9 Å². The summed E-state index contributed by atoms with van der Waals surface area (Å²) < 4.78 is 4.27. The Balaban J connectivity index is 1.58. The van der Waals surface area contributed by atoms with E-state index in [0.29, 0.717) is 11.7 Å². The molecule has 1 unspecified atom stereocenters. The molecule has 186 valence electrons. The molecule has 1 N–H and O–H groups in total. The van der Waals surface area contributed by atoms with Crippen molar-refractivity contribution < 1.29 is 0 Å². The molecule has 3 aromatic heterocycles. The molecule has 4 aromatic rings. The minimum absolute atomic E-state index is 0.378. The topological polar surface area (TPSA) is 90.1 Å². The predicted molar refractivity (Wildman–Crippen MR) is 139 cm³/mol. The lowest BCUT2D eigenvalue weighted by molar-refractivity contribution is 0.602. The quantitative estimate of drug-likeness (QED) is 0.244. The summed E-state index contributed by atoms with van der Waals surface area (Å²) in [6.07, 6.45) is 11.0. The third-order valence-electron chi connectivity index (χ3n) is 6.71. The van der Waals surface area contributed by atoms with Gasteiger partial charge in [-0.05, 0) is 65.4 Å². The number of tetrazole rings is 1. The third kappa shape index (κ3) is 5.86. The fraction of sp³-hybridized carbons (Fsp3) is 0.519. The Labute approximate surface area is 208 Å². The van der Waals surface area contributed by atoms with E-state index in [0.717, 1.165) is 68.1 Å². The molecule has 8 nitrogen and oxygen atoms in total. The van der Waals surface area contributed by atoms with Gasteiger partial charge in [0.25, 0.3) is 0 Å². The molecule has 3 heterocycles. The molecule has 0 bridgehead atoms. The number of hydrogen-bond acceptors (Lipinski definition) is 5. The molecule has 0 fully saturated rings. The van der Waals surface area contributed by atoms with Crippen LogP contribution in [-0.4, -0.2) is 40.0 Å². The van der Waals surface area contributed by atoms with Gasteiger partial charge in [-0.25, -0.2) is 14.8 Å². The number of aryl methyl sites for hydroxylation is 2. The van der Waals surface area contributed by atoms with Gasteiger partial charge in [-0.2, -0.15) is 5.10 Å². The van der Waals surface area contributed by atoms with E-state index < -0.39 is 0 Å². The molecule has 35 heavy (non-hydrogen) atoms. The van der Waals surface area contributed by atoms with Crippen molar-refractivity contribution in [2.75, 3.05) is 0 Å². The van der Waals surface area contributed by atoms with Crippen molar-refractivity contribution in [2.45, 2.75) is 91.5 Å². The molecule has 0 aliphatic carbocycles. The van der Waals surface area contributed by atoms with Crippen molar-refractivity contribution in [3.63, 3.8) is 0 Å². The standard InChI is InChI=1S/C27H38N8/c1-5-8-10-11-22-17-18-34(25(22)27-29-32-33-30-27)23-15-13-21(14-16-23)19-35-24(12-9-6-2)28-26(31-35)20(4)7-3/h13-18,20H,5-12,19H2,1-4H3,(H,29,30,32,33). The summed E-state index contributed by atoms with van der Waals surface area (Å²) in [5, 5.41) is 19.7. The van der Waals surface area contributed by atoms with Crippen LogP contribution in [0.4, 0.5) is 0 Å². The van der Waals surface area contributed by atoms with E-state index in [4.69, 9.17) is 10.1 Å². The SMILES string of the molecule is CCCCCc1ccn(-c2ccc(Cn3nc(C(C)CC)nc3CCCC)cc2)c1-c1nnn[nH]1. The van der Waals surface area contributed by atoms with Gasteiger partial charge >= 0.3 is 0 Å². The van der Waals surface area contributed by atoms with Crippen LogP contribution in [-0.2, 0) is 19.4 Å². The summed E-state index contributed by atoms with van der Waals surface area (Å²) in [7, 11) is 0. The molecule has 1 aromatic carbocycles. The van der Waals surface area contributed by atoms with Crippen LogP contribution in [0, 0.1) is 0 Å². The second kappa shape index (κ2) is 11.9. The fourth-order valence-electron chi connectivity index (χ4n) is 4.35. The highest BCUT2D eigenvalue weighted by atomic mass is 15.5. The summed E-state index contributed by atoms with van der Waals surface area (Å²) in [5.41, 5.74) is 4.61. The Bertz CT molecular complexity index is 1170. The number of rotatable bonds is 13. The molecular weight excluding hydrogens is 436 g/mol. The maximum Gasteiger partial charge on any atom is 0.196 e. The first-order chi connectivity index (χ1) is 17.1. The Morgan fingerprint density at radius 3 is 2.43 bits per heavy atom. The number of unbranched alkanes of at least 4 members (excludes halogenated alkanes) is 3. The molecule has 8 heteroatoms. The van der Waals surface area contributed by atoms with E-state index in [9.17, 15) is 0 Å². The largest absolute Gasteiger partial charge is 0.314 e. The zero-order valence-corrected chi connectivity index (χ0v) is 21.5. The number of hydrogen-bond donors (Lipinski definition) is 1. The van der Waals surface area contributed by atoms with E-state index in [-0.39, 0.29) is 0 Å². The van der Waals surface area contributed by atoms with Gasteiger partial charge in [0.05, 0.1) is 12.2 Å². The van der Waals surface area contributed by atoms with Gasteiger partial charge in [-0.15, -0.1) is 5.10 Å². The van der Waals surface area contributed by atoms with Crippen molar-refractivity contribution in [3.05, 3.63) is 59.3 Å². The number of nitrogens with one attached hydrogen (secondary N) is 1. The number of nitrogens with zero attached hydrogens (tertiary/aromatic N) is 7. The van der Waals surface area contributed by atoms with Gasteiger partial charge in [0, 0.05) is 24.2 Å². The van der Waals surface area contributed by atoms with Gasteiger partial charge in [-0.1, -0.05) is 59.1 Å². The van der Waals surface area contributed by atoms with Crippen LogP contribution < -0.4 is 0 Å². The first-order valence-corrected chi connectivity index (χ1v) is 13.1. The summed E-state index contributed by atoms with van der Waals surface area (Å²) in [4.78, 5) is 4.88. The van der Waals surface area contributed by atoms with Crippen molar-refractivity contribution in [1.82, 2.24) is 40.0 Å². The van der Waals surface area contributed by atoms with E-state index in [1.165, 1.54) is 24.0 Å². The normalized spacial score (nSPS) is 12.3. The zero-order valence-electron chi connectivity index (χ0n) is 21.5. The lowest BCUT2D eigenvalue weighted by Gasteiger charge is -2.11. The molecule has 0 saturated heterocycles. The molecule has 0 amide bonds. The minimum atomic E-state index is 0.378. The van der Waals surface area contributed by atoms with Crippen LogP contribution in [0.5, 0.6) is 0 Å². The van der Waals surface area contributed by atoms with E-state index in [1.807, 2.05) is 0 Å². The minimum Gasteiger partial charge on any atom is -0.314 e. The Kier molecular flexibility index (Phi) is 8.45. The van der Waals surface area contributed by atoms with Crippen LogP contribution in [0.2, 0.25) is 0 Å². The molecule has 0 aliphatic rings. The van der Waals surface area contributed by atoms with E-state index >= 15 is 0 Å². The first-order valence-electron chi connectivity index (χ1n) is 13.1. The molecule has 0 spiro atoms. The summed E-state index contributed by atoms with van der Waals surface area (Å²) >= 11 is 0. The Hall–Kier alpha value is -3.29. The van der Waals surface area contributed by atoms with E-state index in [2.05, 4.69) is 94.1 Å². The lowest BCUT2D eigenvalue weighted by atomic mass is 10.1. The molecule has 0 aliphatic heterocycles. The van der Waals surface area contributed by atoms with Crippen LogP contribution >= 0.6 is 0 Å². The highest BCUT2D eigenvalue weighted by molar-refractivity contribution is 5.60. The van der Waals surface area contributed by atoms with E-state index in [1.54, 1.807) is 0 Å². The number of H-pyrrole nitrogens is 1. The van der Waals surface area contributed by atoms with Crippen LogP contribution in [0.25, 0.3) is 17.2 Å². The molecule has 4 rings (SSSR count). The smallest absolute Gasteiger partial charge is 0.196 e. The van der Waals surface area contributed by atoms with Gasteiger partial charge in [0.1, 0.15) is 5.82 Å². The second-order valence-corrected chi connectivity index (χ2v) is 9.39. The van der Waals surface area contributed by atoms with Crippen LogP contribution in [0.15, 0.2) is 36.5 Å². The molecular formula is C27H38N8. The van der Waals surface area contributed by atoms with Gasteiger partial charge < -0.3 is 4.57 Å².